The molecule has 2 N–H and O–H groups in total. The fourth-order valence-corrected chi connectivity index (χ4v) is 2.92. The third kappa shape index (κ3) is 4.23. The smallest absolute Gasteiger partial charge is 0.218 e. The molecule has 1 amide bonds. The maximum Gasteiger partial charge on any atom is 0.218 e. The van der Waals surface area contributed by atoms with Crippen molar-refractivity contribution < 1.29 is 9.53 Å². The van der Waals surface area contributed by atoms with E-state index < -0.39 is 0 Å². The topological polar surface area (TPSA) is 55.6 Å². The van der Waals surface area contributed by atoms with Gasteiger partial charge in [0.25, 0.3) is 0 Å². The molecular weight excluding hydrogens is 252 g/mol. The molecule has 4 nitrogen and oxygen atoms in total. The van der Waals surface area contributed by atoms with Crippen LogP contribution < -0.4 is 10.5 Å². The number of hydrogen-bond donors (Lipinski definition) is 1. The maximum atomic E-state index is 11.1. The van der Waals surface area contributed by atoms with Crippen LogP contribution in [0.4, 0.5) is 0 Å². The molecule has 110 valence electrons. The van der Waals surface area contributed by atoms with Gasteiger partial charge in [-0.3, -0.25) is 9.69 Å². The van der Waals surface area contributed by atoms with Gasteiger partial charge in [-0.15, -0.1) is 0 Å². The molecule has 4 heteroatoms. The first-order valence-electron chi connectivity index (χ1n) is 7.34. The minimum absolute atomic E-state index is 0.191. The third-order valence-corrected chi connectivity index (χ3v) is 4.01. The Morgan fingerprint density at radius 2 is 2.30 bits per heavy atom. The number of piperidine rings is 1. The number of methoxy groups -OCH3 is 1. The lowest BCUT2D eigenvalue weighted by atomic mass is 9.98. The number of amides is 1. The Hall–Kier alpha value is -1.55. The second-order valence-corrected chi connectivity index (χ2v) is 5.46. The Balaban J connectivity index is 1.91. The van der Waals surface area contributed by atoms with Crippen LogP contribution in [0.15, 0.2) is 24.3 Å². The molecule has 0 saturated carbocycles. The molecule has 2 rings (SSSR count). The van der Waals surface area contributed by atoms with Crippen molar-refractivity contribution in [2.75, 3.05) is 20.2 Å². The molecule has 0 aromatic heterocycles. The first kappa shape index (κ1) is 14.9. The zero-order valence-electron chi connectivity index (χ0n) is 12.2. The Kier molecular flexibility index (Phi) is 5.41. The standard InChI is InChI=1S/C16H24N2O2/c1-20-15-7-4-5-13(11-15)8-10-18-9-3-2-6-14(18)12-16(17)19/h4-5,7,11,14H,2-3,6,8-10,12H2,1H3,(H2,17,19). The summed E-state index contributed by atoms with van der Waals surface area (Å²) in [6, 6.07) is 8.50. The molecule has 1 fully saturated rings. The van der Waals surface area contributed by atoms with Crippen molar-refractivity contribution in [3.8, 4) is 5.75 Å². The predicted molar refractivity (Wildman–Crippen MR) is 79.7 cm³/mol. The highest BCUT2D eigenvalue weighted by atomic mass is 16.5. The minimum atomic E-state index is -0.191. The van der Waals surface area contributed by atoms with E-state index in [0.29, 0.717) is 12.5 Å². The van der Waals surface area contributed by atoms with Gasteiger partial charge in [-0.2, -0.15) is 0 Å². The number of carbonyl (C=O) groups excluding carboxylic acids is 1. The van der Waals surface area contributed by atoms with E-state index in [-0.39, 0.29) is 5.91 Å². The molecule has 0 radical (unpaired) electrons. The zero-order valence-corrected chi connectivity index (χ0v) is 12.2. The van der Waals surface area contributed by atoms with Crippen molar-refractivity contribution in [2.45, 2.75) is 38.1 Å². The van der Waals surface area contributed by atoms with E-state index in [9.17, 15) is 4.79 Å². The quantitative estimate of drug-likeness (QED) is 0.864. The van der Waals surface area contributed by atoms with Crippen LogP contribution in [0, 0.1) is 0 Å². The average molecular weight is 276 g/mol. The van der Waals surface area contributed by atoms with E-state index in [1.807, 2.05) is 12.1 Å². The normalized spacial score (nSPS) is 19.8. The van der Waals surface area contributed by atoms with Crippen molar-refractivity contribution in [3.63, 3.8) is 0 Å². The highest BCUT2D eigenvalue weighted by Crippen LogP contribution is 2.20. The van der Waals surface area contributed by atoms with Crippen molar-refractivity contribution in [3.05, 3.63) is 29.8 Å². The van der Waals surface area contributed by atoms with E-state index in [4.69, 9.17) is 10.5 Å². The Bertz CT molecular complexity index is 448. The molecule has 1 aromatic rings. The Morgan fingerprint density at radius 1 is 1.45 bits per heavy atom. The van der Waals surface area contributed by atoms with Crippen LogP contribution >= 0.6 is 0 Å². The molecule has 1 unspecified atom stereocenters. The molecule has 1 saturated heterocycles. The van der Waals surface area contributed by atoms with Crippen LogP contribution in [0.1, 0.15) is 31.2 Å². The van der Waals surface area contributed by atoms with Crippen molar-refractivity contribution in [1.82, 2.24) is 4.90 Å². The van der Waals surface area contributed by atoms with Gasteiger partial charge < -0.3 is 10.5 Å². The highest BCUT2D eigenvalue weighted by Gasteiger charge is 2.23. The van der Waals surface area contributed by atoms with Gasteiger partial charge in [0.2, 0.25) is 5.91 Å². The summed E-state index contributed by atoms with van der Waals surface area (Å²) >= 11 is 0. The fraction of sp³-hybridized carbons (Fsp3) is 0.562. The van der Waals surface area contributed by atoms with Crippen LogP contribution in [0.3, 0.4) is 0 Å². The highest BCUT2D eigenvalue weighted by molar-refractivity contribution is 5.74. The largest absolute Gasteiger partial charge is 0.497 e. The monoisotopic (exact) mass is 276 g/mol. The zero-order chi connectivity index (χ0) is 14.4. The number of primary amides is 1. The van der Waals surface area contributed by atoms with Crippen LogP contribution in [-0.2, 0) is 11.2 Å². The number of ether oxygens (including phenoxy) is 1. The van der Waals surface area contributed by atoms with Gasteiger partial charge in [0.15, 0.2) is 0 Å². The van der Waals surface area contributed by atoms with Gasteiger partial charge in [-0.25, -0.2) is 0 Å². The second-order valence-electron chi connectivity index (χ2n) is 5.46. The summed E-state index contributed by atoms with van der Waals surface area (Å²) in [4.78, 5) is 13.6. The van der Waals surface area contributed by atoms with Crippen molar-refractivity contribution in [2.24, 2.45) is 5.73 Å². The number of carbonyl (C=O) groups is 1. The minimum Gasteiger partial charge on any atom is -0.497 e. The SMILES string of the molecule is COc1cccc(CCN2CCCCC2CC(N)=O)c1. The fourth-order valence-electron chi connectivity index (χ4n) is 2.92. The van der Waals surface area contributed by atoms with Crippen LogP contribution in [0.2, 0.25) is 0 Å². The number of nitrogens with zero attached hydrogens (tertiary/aromatic N) is 1. The van der Waals surface area contributed by atoms with Gasteiger partial charge >= 0.3 is 0 Å². The van der Waals surface area contributed by atoms with E-state index in [1.165, 1.54) is 18.4 Å². The molecule has 1 aliphatic heterocycles. The molecule has 1 aromatic carbocycles. The first-order chi connectivity index (χ1) is 9.69. The molecule has 1 aliphatic rings. The number of rotatable bonds is 6. The summed E-state index contributed by atoms with van der Waals surface area (Å²) in [5, 5.41) is 0. The lowest BCUT2D eigenvalue weighted by Gasteiger charge is -2.35. The van der Waals surface area contributed by atoms with E-state index in [1.54, 1.807) is 7.11 Å². The third-order valence-electron chi connectivity index (χ3n) is 4.01. The molecule has 1 heterocycles. The average Bonchev–Trinajstić information content (AvgIpc) is 2.46. The summed E-state index contributed by atoms with van der Waals surface area (Å²) in [6.45, 7) is 2.05. The molecule has 1 atom stereocenters. The van der Waals surface area contributed by atoms with E-state index >= 15 is 0 Å². The van der Waals surface area contributed by atoms with Crippen LogP contribution in [0.25, 0.3) is 0 Å². The molecule has 0 spiro atoms. The molecule has 0 bridgehead atoms. The van der Waals surface area contributed by atoms with Gasteiger partial charge in [0.05, 0.1) is 7.11 Å². The summed E-state index contributed by atoms with van der Waals surface area (Å²) < 4.78 is 5.25. The van der Waals surface area contributed by atoms with Gasteiger partial charge in [0, 0.05) is 19.0 Å². The second kappa shape index (κ2) is 7.29. The Labute approximate surface area is 120 Å². The molecule has 20 heavy (non-hydrogen) atoms. The Morgan fingerprint density at radius 3 is 3.05 bits per heavy atom. The summed E-state index contributed by atoms with van der Waals surface area (Å²) in [5.74, 6) is 0.707. The lowest BCUT2D eigenvalue weighted by Crippen LogP contribution is -2.42. The molecular formula is C16H24N2O2. The van der Waals surface area contributed by atoms with Gasteiger partial charge in [0.1, 0.15) is 5.75 Å². The van der Waals surface area contributed by atoms with Crippen molar-refractivity contribution >= 4 is 5.91 Å². The van der Waals surface area contributed by atoms with E-state index in [2.05, 4.69) is 17.0 Å². The van der Waals surface area contributed by atoms with Crippen LogP contribution in [-0.4, -0.2) is 37.0 Å². The number of benzene rings is 1. The van der Waals surface area contributed by atoms with Crippen LogP contribution in [0.5, 0.6) is 5.75 Å². The van der Waals surface area contributed by atoms with E-state index in [0.717, 1.165) is 31.7 Å². The number of likely N-dealkylation sites (tertiary alicyclic amines) is 1. The van der Waals surface area contributed by atoms with Crippen molar-refractivity contribution in [1.29, 1.82) is 0 Å². The predicted octanol–water partition coefficient (Wildman–Crippen LogP) is 1.97. The number of nitrogens with two attached hydrogens (primary N) is 1. The maximum absolute atomic E-state index is 11.1. The summed E-state index contributed by atoms with van der Waals surface area (Å²) in [7, 11) is 1.69. The lowest BCUT2D eigenvalue weighted by molar-refractivity contribution is -0.119. The summed E-state index contributed by atoms with van der Waals surface area (Å²) in [5.41, 5.74) is 6.62. The van der Waals surface area contributed by atoms with Gasteiger partial charge in [-0.05, 0) is 43.5 Å². The molecule has 0 aliphatic carbocycles. The van der Waals surface area contributed by atoms with Gasteiger partial charge in [-0.1, -0.05) is 18.6 Å². The number of hydrogen-bond acceptors (Lipinski definition) is 3. The first-order valence-corrected chi connectivity index (χ1v) is 7.34. The summed E-state index contributed by atoms with van der Waals surface area (Å²) in [6.07, 6.45) is 4.96.